The summed E-state index contributed by atoms with van der Waals surface area (Å²) in [5, 5.41) is 9.17. The molecule has 1 aliphatic rings. The molecule has 0 atom stereocenters. The zero-order chi connectivity index (χ0) is 21.6. The van der Waals surface area contributed by atoms with Gasteiger partial charge in [-0.1, -0.05) is 18.2 Å². The molecule has 5 rings (SSSR count). The lowest BCUT2D eigenvalue weighted by molar-refractivity contribution is -0.115. The Kier molecular flexibility index (Phi) is 6.35. The second kappa shape index (κ2) is 9.51. The first-order valence-electron chi connectivity index (χ1n) is 10.2. The van der Waals surface area contributed by atoms with Crippen LogP contribution in [0.25, 0.3) is 22.0 Å². The van der Waals surface area contributed by atoms with Crippen LogP contribution < -0.4 is 10.5 Å². The molecular formula is C24H25N5O2. The fourth-order valence-electron chi connectivity index (χ4n) is 3.66. The highest BCUT2D eigenvalue weighted by Gasteiger charge is 2.25. The fourth-order valence-corrected chi connectivity index (χ4v) is 3.66. The Bertz CT molecular complexity index is 1140. The second-order valence-electron chi connectivity index (χ2n) is 7.39. The summed E-state index contributed by atoms with van der Waals surface area (Å²) in [6.07, 6.45) is 4.53. The molecule has 0 saturated carbocycles. The quantitative estimate of drug-likeness (QED) is 0.467. The molecule has 0 aliphatic carbocycles. The van der Waals surface area contributed by atoms with E-state index in [4.69, 9.17) is 4.74 Å². The van der Waals surface area contributed by atoms with Crippen LogP contribution in [0, 0.1) is 5.92 Å². The number of H-pyrrole nitrogens is 1. The van der Waals surface area contributed by atoms with E-state index in [-0.39, 0.29) is 5.92 Å². The molecule has 7 nitrogen and oxygen atoms in total. The first kappa shape index (κ1) is 20.7. The monoisotopic (exact) mass is 415 g/mol. The second-order valence-corrected chi connectivity index (χ2v) is 7.39. The third-order valence-corrected chi connectivity index (χ3v) is 5.23. The molecular weight excluding hydrogens is 390 g/mol. The average molecular weight is 415 g/mol. The topological polar surface area (TPSA) is 97.1 Å². The lowest BCUT2D eigenvalue weighted by Gasteiger charge is -2.36. The molecule has 31 heavy (non-hydrogen) atoms. The Morgan fingerprint density at radius 1 is 1.10 bits per heavy atom. The maximum atomic E-state index is 10.7. The van der Waals surface area contributed by atoms with Gasteiger partial charge in [-0.2, -0.15) is 5.10 Å². The van der Waals surface area contributed by atoms with Crippen molar-refractivity contribution in [3.8, 4) is 22.9 Å². The van der Waals surface area contributed by atoms with Gasteiger partial charge in [-0.25, -0.2) is 4.98 Å². The van der Waals surface area contributed by atoms with Crippen LogP contribution in [-0.2, 0) is 11.3 Å². The number of aromatic amines is 1. The van der Waals surface area contributed by atoms with Gasteiger partial charge in [-0.15, -0.1) is 0 Å². The number of carbonyl (C=O) groups is 1. The normalized spacial score (nSPS) is 13.9. The molecule has 158 valence electrons. The van der Waals surface area contributed by atoms with E-state index in [9.17, 15) is 4.79 Å². The Morgan fingerprint density at radius 2 is 1.90 bits per heavy atom. The predicted octanol–water partition coefficient (Wildman–Crippen LogP) is 3.62. The molecule has 1 fully saturated rings. The van der Waals surface area contributed by atoms with Gasteiger partial charge < -0.3 is 15.3 Å². The first-order valence-corrected chi connectivity index (χ1v) is 10.2. The number of carbonyl (C=O) groups excluding carboxylic acids is 1. The first-order chi connectivity index (χ1) is 15.3. The van der Waals surface area contributed by atoms with E-state index in [2.05, 4.69) is 50.1 Å². The minimum absolute atomic E-state index is 0.206. The van der Waals surface area contributed by atoms with E-state index in [1.54, 1.807) is 12.4 Å². The number of hydrogen-bond donors (Lipinski definition) is 2. The van der Waals surface area contributed by atoms with Crippen molar-refractivity contribution in [3.63, 3.8) is 0 Å². The van der Waals surface area contributed by atoms with E-state index < -0.39 is 0 Å². The van der Waals surface area contributed by atoms with E-state index in [1.165, 1.54) is 18.0 Å². The number of rotatable bonds is 6. The van der Waals surface area contributed by atoms with Gasteiger partial charge in [-0.3, -0.25) is 10.00 Å². The zero-order valence-electron chi connectivity index (χ0n) is 17.4. The predicted molar refractivity (Wildman–Crippen MR) is 121 cm³/mol. The van der Waals surface area contributed by atoms with Gasteiger partial charge in [0.1, 0.15) is 12.0 Å². The van der Waals surface area contributed by atoms with E-state index >= 15 is 0 Å². The summed E-state index contributed by atoms with van der Waals surface area (Å²) in [5.74, 6) is 1.51. The summed E-state index contributed by atoms with van der Waals surface area (Å²) in [4.78, 5) is 17.4. The highest BCUT2D eigenvalue weighted by Crippen LogP contribution is 2.27. The minimum atomic E-state index is 0.206. The van der Waals surface area contributed by atoms with Crippen molar-refractivity contribution < 1.29 is 9.53 Å². The van der Waals surface area contributed by atoms with Crippen LogP contribution in [0.1, 0.15) is 5.56 Å². The molecule has 0 amide bonds. The maximum Gasteiger partial charge on any atom is 0.219 e. The van der Waals surface area contributed by atoms with Crippen LogP contribution in [-0.4, -0.2) is 46.5 Å². The number of aldehydes is 1. The van der Waals surface area contributed by atoms with Crippen LogP contribution >= 0.6 is 0 Å². The molecule has 1 aliphatic heterocycles. The van der Waals surface area contributed by atoms with Crippen molar-refractivity contribution in [1.82, 2.24) is 20.1 Å². The van der Waals surface area contributed by atoms with Crippen molar-refractivity contribution in [2.75, 3.05) is 20.1 Å². The Labute approximate surface area is 180 Å². The number of aromatic nitrogens is 3. The standard InChI is InChI=1S/C23H20N4O2.CH5N/c28-15-17-13-27(14-17)12-16-1-2-19-10-21(5-3-18(19)9-16)29-23-6-4-20(11-24-23)22-7-8-25-26-22;1-2/h1-11,15,17H,12-14H2,(H,25,26);2H2,1H3. The van der Waals surface area contributed by atoms with Crippen LogP contribution in [0.4, 0.5) is 0 Å². The van der Waals surface area contributed by atoms with Crippen LogP contribution in [0.5, 0.6) is 11.6 Å². The molecule has 1 saturated heterocycles. The summed E-state index contributed by atoms with van der Waals surface area (Å²) >= 11 is 0. The summed E-state index contributed by atoms with van der Waals surface area (Å²) in [6.45, 7) is 2.60. The molecule has 7 heteroatoms. The van der Waals surface area contributed by atoms with Crippen LogP contribution in [0.15, 0.2) is 67.0 Å². The molecule has 3 N–H and O–H groups in total. The number of ether oxygens (including phenoxy) is 1. The fraction of sp³-hybridized carbons (Fsp3) is 0.208. The molecule has 0 bridgehead atoms. The van der Waals surface area contributed by atoms with Gasteiger partial charge in [0.05, 0.1) is 5.69 Å². The minimum Gasteiger partial charge on any atom is -0.439 e. The van der Waals surface area contributed by atoms with Crippen molar-refractivity contribution >= 4 is 17.1 Å². The lowest BCUT2D eigenvalue weighted by Crippen LogP contribution is -2.46. The Balaban J connectivity index is 0.00000112. The smallest absolute Gasteiger partial charge is 0.219 e. The van der Waals surface area contributed by atoms with Gasteiger partial charge in [-0.05, 0) is 53.7 Å². The molecule has 4 aromatic rings. The number of likely N-dealkylation sites (tertiary alicyclic amines) is 1. The third-order valence-electron chi connectivity index (χ3n) is 5.23. The number of pyridine rings is 1. The number of benzene rings is 2. The van der Waals surface area contributed by atoms with Crippen LogP contribution in [0.2, 0.25) is 0 Å². The summed E-state index contributed by atoms with van der Waals surface area (Å²) in [5.41, 5.74) is 7.64. The molecule has 3 heterocycles. The van der Waals surface area contributed by atoms with Crippen molar-refractivity contribution in [3.05, 3.63) is 72.6 Å². The largest absolute Gasteiger partial charge is 0.439 e. The molecule has 0 spiro atoms. The van der Waals surface area contributed by atoms with Crippen molar-refractivity contribution in [1.29, 1.82) is 0 Å². The summed E-state index contributed by atoms with van der Waals surface area (Å²) in [6, 6.07) is 18.2. The highest BCUT2D eigenvalue weighted by molar-refractivity contribution is 5.84. The number of nitrogens with two attached hydrogens (primary N) is 1. The Hall–Kier alpha value is -3.55. The zero-order valence-corrected chi connectivity index (χ0v) is 17.4. The average Bonchev–Trinajstić information content (AvgIpc) is 3.33. The molecule has 0 radical (unpaired) electrons. The van der Waals surface area contributed by atoms with Gasteiger partial charge in [0, 0.05) is 49.6 Å². The number of nitrogens with zero attached hydrogens (tertiary/aromatic N) is 3. The summed E-state index contributed by atoms with van der Waals surface area (Å²) in [7, 11) is 1.50. The highest BCUT2D eigenvalue weighted by atomic mass is 16.5. The SMILES string of the molecule is CN.O=CC1CN(Cc2ccc3cc(Oc4ccc(-c5ccn[nH]5)cn4)ccc3c2)C1. The number of fused-ring (bicyclic) bond motifs is 1. The Morgan fingerprint density at radius 3 is 2.61 bits per heavy atom. The molecule has 0 unspecified atom stereocenters. The van der Waals surface area contributed by atoms with Gasteiger partial charge in [0.15, 0.2) is 0 Å². The van der Waals surface area contributed by atoms with Gasteiger partial charge in [0.25, 0.3) is 0 Å². The van der Waals surface area contributed by atoms with Crippen molar-refractivity contribution in [2.45, 2.75) is 6.54 Å². The lowest BCUT2D eigenvalue weighted by atomic mass is 10.00. The van der Waals surface area contributed by atoms with Gasteiger partial charge >= 0.3 is 0 Å². The molecule has 2 aromatic heterocycles. The maximum absolute atomic E-state index is 10.7. The number of nitrogens with one attached hydrogen (secondary N) is 1. The number of hydrogen-bond acceptors (Lipinski definition) is 6. The van der Waals surface area contributed by atoms with E-state index in [0.29, 0.717) is 5.88 Å². The van der Waals surface area contributed by atoms with Crippen LogP contribution in [0.3, 0.4) is 0 Å². The molecule has 2 aromatic carbocycles. The summed E-state index contributed by atoms with van der Waals surface area (Å²) < 4.78 is 5.93. The van der Waals surface area contributed by atoms with E-state index in [0.717, 1.165) is 48.3 Å². The third kappa shape index (κ3) is 4.79. The van der Waals surface area contributed by atoms with Gasteiger partial charge in [0.2, 0.25) is 5.88 Å². The van der Waals surface area contributed by atoms with E-state index in [1.807, 2.05) is 30.3 Å². The van der Waals surface area contributed by atoms with Crippen molar-refractivity contribution in [2.24, 2.45) is 11.7 Å².